The molecule has 0 aliphatic carbocycles. The molecule has 3 aromatic carbocycles. The van der Waals surface area contributed by atoms with Crippen molar-refractivity contribution >= 4 is 56.1 Å². The van der Waals surface area contributed by atoms with Crippen LogP contribution in [0.2, 0.25) is 5.02 Å². The van der Waals surface area contributed by atoms with Crippen LogP contribution in [-0.4, -0.2) is 30.2 Å². The third-order valence-corrected chi connectivity index (χ3v) is 8.44. The van der Waals surface area contributed by atoms with Crippen LogP contribution in [0.25, 0.3) is 0 Å². The average molecular weight is 624 g/mol. The van der Waals surface area contributed by atoms with Gasteiger partial charge in [-0.1, -0.05) is 54.1 Å². The van der Waals surface area contributed by atoms with Gasteiger partial charge in [0.25, 0.3) is 0 Å². The molecule has 0 saturated carbocycles. The monoisotopic (exact) mass is 622 g/mol. The standard InChI is InChI=1S/C31H28BrClN2O3S/c1-2-37-31(36)29-25-14-15-35(18-21-6-4-3-5-7-21)19-28(25)39-30(29)34-17-23-10-13-27(26(32)16-23)38-20-22-8-11-24(33)12-9-22/h3-13,16-17H,2,14-15,18-20H2,1H3. The lowest BCUT2D eigenvalue weighted by atomic mass is 10.0. The van der Waals surface area contributed by atoms with Crippen LogP contribution in [0.3, 0.4) is 0 Å². The summed E-state index contributed by atoms with van der Waals surface area (Å²) >= 11 is 11.2. The van der Waals surface area contributed by atoms with Gasteiger partial charge in [-0.25, -0.2) is 9.79 Å². The summed E-state index contributed by atoms with van der Waals surface area (Å²) < 4.78 is 12.2. The molecule has 5 nitrogen and oxygen atoms in total. The van der Waals surface area contributed by atoms with Gasteiger partial charge in [0.15, 0.2) is 0 Å². The maximum atomic E-state index is 13.0. The molecule has 0 fully saturated rings. The summed E-state index contributed by atoms with van der Waals surface area (Å²) in [6, 6.07) is 23.9. The first-order valence-electron chi connectivity index (χ1n) is 12.8. The highest BCUT2D eigenvalue weighted by molar-refractivity contribution is 9.10. The van der Waals surface area contributed by atoms with Gasteiger partial charge in [0.05, 0.1) is 16.6 Å². The van der Waals surface area contributed by atoms with E-state index in [1.54, 1.807) is 17.6 Å². The number of thiophene rings is 1. The SMILES string of the molecule is CCOC(=O)c1c(N=Cc2ccc(OCc3ccc(Cl)cc3)c(Br)c2)sc2c1CCN(Cc1ccccc1)C2. The lowest BCUT2D eigenvalue weighted by Crippen LogP contribution is -2.29. The highest BCUT2D eigenvalue weighted by Crippen LogP contribution is 2.40. The summed E-state index contributed by atoms with van der Waals surface area (Å²) in [5.41, 5.74) is 4.89. The third kappa shape index (κ3) is 6.97. The molecule has 8 heteroatoms. The minimum atomic E-state index is -0.300. The lowest BCUT2D eigenvalue weighted by Gasteiger charge is -2.27. The number of halogens is 2. The van der Waals surface area contributed by atoms with Gasteiger partial charge in [-0.3, -0.25) is 4.90 Å². The molecule has 0 amide bonds. The number of carbonyl (C=O) groups is 1. The second-order valence-electron chi connectivity index (χ2n) is 9.21. The minimum absolute atomic E-state index is 0.300. The van der Waals surface area contributed by atoms with Crippen LogP contribution in [0.1, 0.15) is 44.4 Å². The molecule has 1 aliphatic heterocycles. The molecule has 5 rings (SSSR count). The molecule has 39 heavy (non-hydrogen) atoms. The Morgan fingerprint density at radius 3 is 2.64 bits per heavy atom. The van der Waals surface area contributed by atoms with Crippen molar-refractivity contribution in [2.24, 2.45) is 4.99 Å². The molecule has 0 atom stereocenters. The van der Waals surface area contributed by atoms with Crippen molar-refractivity contribution in [3.63, 3.8) is 0 Å². The summed E-state index contributed by atoms with van der Waals surface area (Å²) in [6.07, 6.45) is 2.59. The molecule has 0 unspecified atom stereocenters. The van der Waals surface area contributed by atoms with Crippen LogP contribution in [0.15, 0.2) is 82.3 Å². The smallest absolute Gasteiger partial charge is 0.341 e. The Kier molecular flexibility index (Phi) is 9.14. The van der Waals surface area contributed by atoms with Crippen LogP contribution in [-0.2, 0) is 30.9 Å². The summed E-state index contributed by atoms with van der Waals surface area (Å²) in [6.45, 7) is 5.16. The van der Waals surface area contributed by atoms with Gasteiger partial charge in [-0.2, -0.15) is 0 Å². The maximum absolute atomic E-state index is 13.0. The first-order valence-corrected chi connectivity index (χ1v) is 14.8. The molecular weight excluding hydrogens is 596 g/mol. The quantitative estimate of drug-likeness (QED) is 0.139. The zero-order valence-electron chi connectivity index (χ0n) is 21.5. The molecule has 200 valence electrons. The number of hydrogen-bond donors (Lipinski definition) is 0. The van der Waals surface area contributed by atoms with E-state index in [1.165, 1.54) is 10.4 Å². The van der Waals surface area contributed by atoms with Gasteiger partial charge in [-0.15, -0.1) is 11.3 Å². The molecule has 0 N–H and O–H groups in total. The highest BCUT2D eigenvalue weighted by Gasteiger charge is 2.28. The molecule has 0 bridgehead atoms. The van der Waals surface area contributed by atoms with Crippen molar-refractivity contribution in [1.29, 1.82) is 0 Å². The zero-order chi connectivity index (χ0) is 27.2. The van der Waals surface area contributed by atoms with Gasteiger partial charge >= 0.3 is 5.97 Å². The summed E-state index contributed by atoms with van der Waals surface area (Å²) in [5, 5.41) is 1.39. The van der Waals surface area contributed by atoms with Crippen LogP contribution >= 0.6 is 38.9 Å². The number of benzene rings is 3. The molecule has 1 aromatic heterocycles. The highest BCUT2D eigenvalue weighted by atomic mass is 79.9. The first-order chi connectivity index (χ1) is 19.0. The number of esters is 1. The van der Waals surface area contributed by atoms with Crippen molar-refractivity contribution < 1.29 is 14.3 Å². The van der Waals surface area contributed by atoms with Crippen LogP contribution in [0, 0.1) is 0 Å². The lowest BCUT2D eigenvalue weighted by molar-refractivity contribution is 0.0526. The van der Waals surface area contributed by atoms with Crippen molar-refractivity contribution in [3.8, 4) is 5.75 Å². The third-order valence-electron chi connectivity index (χ3n) is 6.44. The summed E-state index contributed by atoms with van der Waals surface area (Å²) in [7, 11) is 0. The first kappa shape index (κ1) is 27.6. The Hall–Kier alpha value is -2.97. The summed E-state index contributed by atoms with van der Waals surface area (Å²) in [4.78, 5) is 21.3. The van der Waals surface area contributed by atoms with E-state index in [2.05, 4.69) is 45.1 Å². The fourth-order valence-corrected chi connectivity index (χ4v) is 6.37. The Bertz CT molecular complexity index is 1470. The number of ether oxygens (including phenoxy) is 2. The Morgan fingerprint density at radius 1 is 1.10 bits per heavy atom. The van der Waals surface area contributed by atoms with Crippen molar-refractivity contribution in [2.45, 2.75) is 33.0 Å². The number of hydrogen-bond acceptors (Lipinski definition) is 6. The fraction of sp³-hybridized carbons (Fsp3) is 0.226. The number of carbonyl (C=O) groups excluding carboxylic acids is 1. The molecule has 2 heterocycles. The fourth-order valence-electron chi connectivity index (χ4n) is 4.51. The molecule has 1 aliphatic rings. The number of rotatable bonds is 9. The number of fused-ring (bicyclic) bond motifs is 1. The molecule has 0 spiro atoms. The molecular formula is C31H28BrClN2O3S. The van der Waals surface area contributed by atoms with Gasteiger partial charge in [0.1, 0.15) is 17.4 Å². The summed E-state index contributed by atoms with van der Waals surface area (Å²) in [5.74, 6) is 0.435. The van der Waals surface area contributed by atoms with Gasteiger partial charge in [0.2, 0.25) is 0 Å². The van der Waals surface area contributed by atoms with Crippen LogP contribution in [0.4, 0.5) is 5.00 Å². The number of aliphatic imine (C=N–C) groups is 1. The number of nitrogens with zero attached hydrogens (tertiary/aromatic N) is 2. The Labute approximate surface area is 246 Å². The predicted molar refractivity (Wildman–Crippen MR) is 162 cm³/mol. The second kappa shape index (κ2) is 12.9. The Balaban J connectivity index is 1.32. The van der Waals surface area contributed by atoms with Crippen molar-refractivity contribution in [1.82, 2.24) is 4.90 Å². The second-order valence-corrected chi connectivity index (χ2v) is 11.6. The van der Waals surface area contributed by atoms with E-state index in [1.807, 2.05) is 55.5 Å². The van der Waals surface area contributed by atoms with Gasteiger partial charge in [-0.05, 0) is 81.9 Å². The average Bonchev–Trinajstić information content (AvgIpc) is 3.31. The zero-order valence-corrected chi connectivity index (χ0v) is 24.7. The van der Waals surface area contributed by atoms with E-state index >= 15 is 0 Å². The topological polar surface area (TPSA) is 51.1 Å². The van der Waals surface area contributed by atoms with E-state index in [-0.39, 0.29) is 5.97 Å². The minimum Gasteiger partial charge on any atom is -0.488 e. The van der Waals surface area contributed by atoms with E-state index in [9.17, 15) is 4.79 Å². The van der Waals surface area contributed by atoms with E-state index < -0.39 is 0 Å². The maximum Gasteiger partial charge on any atom is 0.341 e. The largest absolute Gasteiger partial charge is 0.488 e. The molecule has 4 aromatic rings. The van der Waals surface area contributed by atoms with E-state index in [4.69, 9.17) is 26.1 Å². The Morgan fingerprint density at radius 2 is 1.90 bits per heavy atom. The van der Waals surface area contributed by atoms with Gasteiger partial charge in [0, 0.05) is 35.7 Å². The predicted octanol–water partition coefficient (Wildman–Crippen LogP) is 8.23. The van der Waals surface area contributed by atoms with Crippen molar-refractivity contribution in [3.05, 3.63) is 115 Å². The van der Waals surface area contributed by atoms with Crippen LogP contribution < -0.4 is 4.74 Å². The van der Waals surface area contributed by atoms with E-state index in [0.29, 0.717) is 28.8 Å². The molecule has 0 saturated heterocycles. The van der Waals surface area contributed by atoms with E-state index in [0.717, 1.165) is 53.0 Å². The van der Waals surface area contributed by atoms with Gasteiger partial charge < -0.3 is 9.47 Å². The molecule has 0 radical (unpaired) electrons. The normalized spacial score (nSPS) is 13.4. The van der Waals surface area contributed by atoms with Crippen LogP contribution in [0.5, 0.6) is 5.75 Å². The van der Waals surface area contributed by atoms with Crippen molar-refractivity contribution in [2.75, 3.05) is 13.2 Å².